The molecule has 5 nitrogen and oxygen atoms in total. The van der Waals surface area contributed by atoms with Gasteiger partial charge in [-0.1, -0.05) is 83.2 Å². The Bertz CT molecular complexity index is 1410. The summed E-state index contributed by atoms with van der Waals surface area (Å²) in [6, 6.07) is 13.5. The molecule has 2 aromatic rings. The SMILES string of the molecule is CCCCCCCCOC1C(OC)=CC=C2C1=CN1CCc3cc4c(cc3C1=C2Cc1ccc(C(C)C)cc1)OCO4. The monoisotopic (exact) mass is 567 g/mol. The van der Waals surface area contributed by atoms with Crippen LogP contribution in [0.4, 0.5) is 0 Å². The molecule has 0 aromatic heterocycles. The van der Waals surface area contributed by atoms with E-state index in [-0.39, 0.29) is 12.9 Å². The highest BCUT2D eigenvalue weighted by Crippen LogP contribution is 2.47. The molecule has 3 aliphatic heterocycles. The summed E-state index contributed by atoms with van der Waals surface area (Å²) in [5.74, 6) is 3.07. The molecule has 0 spiro atoms. The van der Waals surface area contributed by atoms with Crippen molar-refractivity contribution in [3.63, 3.8) is 0 Å². The summed E-state index contributed by atoms with van der Waals surface area (Å²) >= 11 is 0. The third-order valence-electron chi connectivity index (χ3n) is 8.98. The Hall–Kier alpha value is -3.44. The Balaban J connectivity index is 1.35. The fraction of sp³-hybridized carbons (Fsp3) is 0.459. The largest absolute Gasteiger partial charge is 0.498 e. The predicted octanol–water partition coefficient (Wildman–Crippen LogP) is 8.46. The standard InChI is InChI=1S/C37H45NO4/c1-5-6-7-8-9-10-19-40-37-32-23-38-18-17-28-21-34-35(42-24-41-34)22-30(28)36(38)31(29(32)15-16-33(37)39-4)20-26-11-13-27(14-12-26)25(2)3/h11-16,21-23,25,37H,5-10,17-20,24H2,1-4H3. The van der Waals surface area contributed by atoms with Crippen molar-refractivity contribution >= 4 is 5.70 Å². The second-order valence-corrected chi connectivity index (χ2v) is 12.2. The van der Waals surface area contributed by atoms with E-state index in [9.17, 15) is 0 Å². The van der Waals surface area contributed by atoms with E-state index in [1.807, 2.05) is 0 Å². The van der Waals surface area contributed by atoms with Crippen LogP contribution in [0.3, 0.4) is 0 Å². The van der Waals surface area contributed by atoms with Gasteiger partial charge in [-0.05, 0) is 64.8 Å². The van der Waals surface area contributed by atoms with Crippen molar-refractivity contribution in [2.24, 2.45) is 0 Å². The predicted molar refractivity (Wildman–Crippen MR) is 169 cm³/mol. The fourth-order valence-electron chi connectivity index (χ4n) is 6.57. The van der Waals surface area contributed by atoms with Gasteiger partial charge in [0.1, 0.15) is 11.9 Å². The first-order chi connectivity index (χ1) is 20.6. The van der Waals surface area contributed by atoms with Crippen LogP contribution in [0.15, 0.2) is 77.2 Å². The number of ether oxygens (including phenoxy) is 4. The van der Waals surface area contributed by atoms with Crippen LogP contribution in [0, 0.1) is 0 Å². The van der Waals surface area contributed by atoms with Crippen LogP contribution in [0.25, 0.3) is 5.70 Å². The lowest BCUT2D eigenvalue weighted by atomic mass is 9.79. The van der Waals surface area contributed by atoms with Crippen molar-refractivity contribution in [3.8, 4) is 11.5 Å². The molecule has 42 heavy (non-hydrogen) atoms. The zero-order valence-electron chi connectivity index (χ0n) is 25.7. The minimum Gasteiger partial charge on any atom is -0.498 e. The van der Waals surface area contributed by atoms with Crippen LogP contribution in [0.2, 0.25) is 0 Å². The summed E-state index contributed by atoms with van der Waals surface area (Å²) in [6.45, 7) is 8.68. The third-order valence-corrected chi connectivity index (χ3v) is 8.98. The van der Waals surface area contributed by atoms with Gasteiger partial charge < -0.3 is 23.8 Å². The molecule has 6 rings (SSSR count). The van der Waals surface area contributed by atoms with Crippen LogP contribution in [0.5, 0.6) is 11.5 Å². The van der Waals surface area contributed by atoms with E-state index in [4.69, 9.17) is 18.9 Å². The van der Waals surface area contributed by atoms with Crippen LogP contribution < -0.4 is 9.47 Å². The summed E-state index contributed by atoms with van der Waals surface area (Å²) < 4.78 is 24.1. The minimum atomic E-state index is -0.205. The third kappa shape index (κ3) is 5.76. The molecule has 0 fully saturated rings. The maximum atomic E-state index is 6.62. The van der Waals surface area contributed by atoms with Crippen LogP contribution in [-0.4, -0.2) is 38.1 Å². The molecule has 5 heteroatoms. The second kappa shape index (κ2) is 12.8. The molecule has 0 radical (unpaired) electrons. The molecule has 2 aromatic carbocycles. The van der Waals surface area contributed by atoms with Crippen molar-refractivity contribution in [1.29, 1.82) is 0 Å². The van der Waals surface area contributed by atoms with E-state index in [0.717, 1.165) is 49.7 Å². The number of benzene rings is 2. The number of rotatable bonds is 12. The van der Waals surface area contributed by atoms with Gasteiger partial charge in [-0.25, -0.2) is 0 Å². The van der Waals surface area contributed by atoms with Gasteiger partial charge in [0.25, 0.3) is 0 Å². The van der Waals surface area contributed by atoms with Crippen LogP contribution in [0.1, 0.15) is 87.5 Å². The van der Waals surface area contributed by atoms with Crippen molar-refractivity contribution in [3.05, 3.63) is 99.5 Å². The van der Waals surface area contributed by atoms with Crippen molar-refractivity contribution < 1.29 is 18.9 Å². The molecule has 0 bridgehead atoms. The van der Waals surface area contributed by atoms with E-state index < -0.39 is 0 Å². The van der Waals surface area contributed by atoms with Gasteiger partial charge in [-0.15, -0.1) is 0 Å². The van der Waals surface area contributed by atoms with Gasteiger partial charge in [-0.3, -0.25) is 0 Å². The highest BCUT2D eigenvalue weighted by Gasteiger charge is 2.37. The summed E-state index contributed by atoms with van der Waals surface area (Å²) in [4.78, 5) is 2.44. The minimum absolute atomic E-state index is 0.205. The Morgan fingerprint density at radius 1 is 0.952 bits per heavy atom. The smallest absolute Gasteiger partial charge is 0.231 e. The lowest BCUT2D eigenvalue weighted by Crippen LogP contribution is -2.34. The molecule has 222 valence electrons. The molecule has 4 aliphatic rings. The molecule has 3 heterocycles. The van der Waals surface area contributed by atoms with Gasteiger partial charge in [0.2, 0.25) is 6.79 Å². The first-order valence-electron chi connectivity index (χ1n) is 15.9. The van der Waals surface area contributed by atoms with E-state index in [0.29, 0.717) is 5.92 Å². The summed E-state index contributed by atoms with van der Waals surface area (Å²) in [5, 5.41) is 0. The maximum Gasteiger partial charge on any atom is 0.231 e. The normalized spacial score (nSPS) is 18.7. The number of hydrogen-bond donors (Lipinski definition) is 0. The molecule has 0 saturated heterocycles. The lowest BCUT2D eigenvalue weighted by molar-refractivity contribution is 0.0581. The van der Waals surface area contributed by atoms with Gasteiger partial charge in [-0.2, -0.15) is 0 Å². The Morgan fingerprint density at radius 3 is 2.48 bits per heavy atom. The van der Waals surface area contributed by atoms with Crippen LogP contribution in [-0.2, 0) is 22.3 Å². The highest BCUT2D eigenvalue weighted by atomic mass is 16.7. The maximum absolute atomic E-state index is 6.62. The quantitative estimate of drug-likeness (QED) is 0.241. The molecule has 1 aliphatic carbocycles. The Kier molecular flexibility index (Phi) is 8.76. The Labute approximate surface area is 251 Å². The average molecular weight is 568 g/mol. The fourth-order valence-corrected chi connectivity index (χ4v) is 6.57. The second-order valence-electron chi connectivity index (χ2n) is 12.2. The van der Waals surface area contributed by atoms with Crippen molar-refractivity contribution in [1.82, 2.24) is 4.90 Å². The topological polar surface area (TPSA) is 40.2 Å². The van der Waals surface area contributed by atoms with E-state index in [1.54, 1.807) is 7.11 Å². The van der Waals surface area contributed by atoms with Crippen molar-refractivity contribution in [2.45, 2.75) is 84.2 Å². The molecule has 0 N–H and O–H groups in total. The summed E-state index contributed by atoms with van der Waals surface area (Å²) in [6.07, 6.45) is 15.7. The highest BCUT2D eigenvalue weighted by molar-refractivity contribution is 5.82. The number of fused-ring (bicyclic) bond motifs is 5. The van der Waals surface area contributed by atoms with Crippen molar-refractivity contribution in [2.75, 3.05) is 27.1 Å². The van der Waals surface area contributed by atoms with Gasteiger partial charge >= 0.3 is 0 Å². The number of methoxy groups -OCH3 is 1. The number of nitrogens with zero attached hydrogens (tertiary/aromatic N) is 1. The zero-order chi connectivity index (χ0) is 29.1. The first kappa shape index (κ1) is 28.7. The molecule has 0 amide bonds. The molecule has 1 unspecified atom stereocenters. The zero-order valence-corrected chi connectivity index (χ0v) is 25.7. The lowest BCUT2D eigenvalue weighted by Gasteiger charge is -2.40. The summed E-state index contributed by atoms with van der Waals surface area (Å²) in [7, 11) is 1.76. The number of allylic oxidation sites excluding steroid dienone is 3. The number of unbranched alkanes of at least 4 members (excludes halogenated alkanes) is 5. The Morgan fingerprint density at radius 2 is 1.71 bits per heavy atom. The molecule has 0 saturated carbocycles. The first-order valence-corrected chi connectivity index (χ1v) is 15.9. The number of hydrogen-bond acceptors (Lipinski definition) is 5. The average Bonchev–Trinajstić information content (AvgIpc) is 3.47. The summed E-state index contributed by atoms with van der Waals surface area (Å²) in [5.41, 5.74) is 10.3. The van der Waals surface area contributed by atoms with Crippen LogP contribution >= 0.6 is 0 Å². The van der Waals surface area contributed by atoms with E-state index in [2.05, 4.69) is 80.4 Å². The van der Waals surface area contributed by atoms with Gasteiger partial charge in [0.15, 0.2) is 11.5 Å². The van der Waals surface area contributed by atoms with Gasteiger partial charge in [0.05, 0.1) is 12.8 Å². The molecule has 1 atom stereocenters. The molecular formula is C37H45NO4. The van der Waals surface area contributed by atoms with E-state index in [1.165, 1.54) is 76.8 Å². The van der Waals surface area contributed by atoms with E-state index >= 15 is 0 Å². The molecular weight excluding hydrogens is 522 g/mol. The van der Waals surface area contributed by atoms with Gasteiger partial charge in [0, 0.05) is 36.9 Å².